The number of thioether (sulfide) groups is 1. The smallest absolute Gasteiger partial charge is 0.238 e. The van der Waals surface area contributed by atoms with E-state index >= 15 is 0 Å². The average molecular weight is 483 g/mol. The van der Waals surface area contributed by atoms with Crippen LogP contribution in [0, 0.1) is 0 Å². The Balaban J connectivity index is 1.82. The van der Waals surface area contributed by atoms with E-state index in [0.717, 1.165) is 16.4 Å². The first-order valence-corrected chi connectivity index (χ1v) is 11.8. The topological polar surface area (TPSA) is 107 Å². The molecule has 28 heavy (non-hydrogen) atoms. The molecule has 0 atom stereocenters. The molecule has 2 aromatic carbocycles. The van der Waals surface area contributed by atoms with Crippen LogP contribution in [0.1, 0.15) is 13.3 Å². The van der Waals surface area contributed by atoms with E-state index in [-0.39, 0.29) is 16.6 Å². The molecule has 3 aromatic rings. The van der Waals surface area contributed by atoms with Gasteiger partial charge < -0.3 is 9.88 Å². The van der Waals surface area contributed by atoms with Crippen molar-refractivity contribution in [2.24, 2.45) is 5.14 Å². The summed E-state index contributed by atoms with van der Waals surface area (Å²) in [6.45, 7) is 2.75. The van der Waals surface area contributed by atoms with E-state index in [1.54, 1.807) is 6.07 Å². The third-order valence-electron chi connectivity index (χ3n) is 3.94. The van der Waals surface area contributed by atoms with E-state index in [2.05, 4.69) is 26.2 Å². The van der Waals surface area contributed by atoms with Gasteiger partial charge in [-0.05, 0) is 52.7 Å². The number of fused-ring (bicyclic) bond motifs is 1. The highest BCUT2D eigenvalue weighted by Gasteiger charge is 2.16. The Morgan fingerprint density at radius 3 is 2.71 bits per heavy atom. The maximum Gasteiger partial charge on any atom is 0.238 e. The Morgan fingerprint density at radius 1 is 1.29 bits per heavy atom. The van der Waals surface area contributed by atoms with Gasteiger partial charge in [-0.25, -0.2) is 18.5 Å². The Hall–Kier alpha value is -1.88. The molecule has 3 rings (SSSR count). The molecule has 0 aliphatic rings. The maximum absolute atomic E-state index is 12.3. The van der Waals surface area contributed by atoms with E-state index in [0.29, 0.717) is 22.9 Å². The number of nitrogens with zero attached hydrogens (tertiary/aromatic N) is 2. The highest BCUT2D eigenvalue weighted by molar-refractivity contribution is 9.10. The molecule has 1 heterocycles. The van der Waals surface area contributed by atoms with Crippen molar-refractivity contribution in [1.29, 1.82) is 0 Å². The molecule has 7 nitrogen and oxygen atoms in total. The quantitative estimate of drug-likeness (QED) is 0.500. The molecular formula is C18H19BrN4O3S2. The SMILES string of the molecule is CCCn1c(SCC(=O)Nc2ccccc2Br)nc2cc(S(N)(=O)=O)ccc21. The molecule has 0 radical (unpaired) electrons. The van der Waals surface area contributed by atoms with Gasteiger partial charge in [-0.1, -0.05) is 30.8 Å². The number of halogens is 1. The van der Waals surface area contributed by atoms with E-state index < -0.39 is 10.0 Å². The van der Waals surface area contributed by atoms with Crippen LogP contribution in [0.3, 0.4) is 0 Å². The monoisotopic (exact) mass is 482 g/mol. The van der Waals surface area contributed by atoms with Crippen molar-refractivity contribution in [3.8, 4) is 0 Å². The van der Waals surface area contributed by atoms with Gasteiger partial charge in [0.05, 0.1) is 27.4 Å². The number of para-hydroxylation sites is 1. The van der Waals surface area contributed by atoms with Crippen LogP contribution < -0.4 is 10.5 Å². The van der Waals surface area contributed by atoms with Crippen molar-refractivity contribution < 1.29 is 13.2 Å². The summed E-state index contributed by atoms with van der Waals surface area (Å²) in [5.41, 5.74) is 2.05. The number of benzene rings is 2. The lowest BCUT2D eigenvalue weighted by atomic mass is 10.3. The normalized spacial score (nSPS) is 11.7. The van der Waals surface area contributed by atoms with Gasteiger partial charge in [0.1, 0.15) is 0 Å². The zero-order chi connectivity index (χ0) is 20.3. The molecule has 10 heteroatoms. The zero-order valence-corrected chi connectivity index (χ0v) is 18.3. The Bertz CT molecular complexity index is 1130. The van der Waals surface area contributed by atoms with Gasteiger partial charge in [0.15, 0.2) is 5.16 Å². The summed E-state index contributed by atoms with van der Waals surface area (Å²) in [5, 5.41) is 8.72. The zero-order valence-electron chi connectivity index (χ0n) is 15.1. The molecule has 0 saturated carbocycles. The van der Waals surface area contributed by atoms with Gasteiger partial charge in [-0.15, -0.1) is 0 Å². The van der Waals surface area contributed by atoms with Crippen molar-refractivity contribution in [1.82, 2.24) is 9.55 Å². The Morgan fingerprint density at radius 2 is 2.04 bits per heavy atom. The number of nitrogens with one attached hydrogen (secondary N) is 1. The van der Waals surface area contributed by atoms with Gasteiger partial charge in [0, 0.05) is 11.0 Å². The number of hydrogen-bond acceptors (Lipinski definition) is 5. The van der Waals surface area contributed by atoms with Crippen LogP contribution in [0.2, 0.25) is 0 Å². The minimum absolute atomic E-state index is 0.0179. The predicted molar refractivity (Wildman–Crippen MR) is 115 cm³/mol. The van der Waals surface area contributed by atoms with Crippen molar-refractivity contribution in [2.45, 2.75) is 29.9 Å². The number of sulfonamides is 1. The van der Waals surface area contributed by atoms with Crippen LogP contribution in [0.5, 0.6) is 0 Å². The molecule has 0 spiro atoms. The largest absolute Gasteiger partial charge is 0.324 e. The summed E-state index contributed by atoms with van der Waals surface area (Å²) in [7, 11) is -3.80. The van der Waals surface area contributed by atoms with Gasteiger partial charge in [-0.2, -0.15) is 0 Å². The van der Waals surface area contributed by atoms with E-state index in [1.807, 2.05) is 35.8 Å². The minimum atomic E-state index is -3.80. The Labute approximate surface area is 175 Å². The molecule has 0 aliphatic heterocycles. The fourth-order valence-electron chi connectivity index (χ4n) is 2.69. The number of hydrogen-bond donors (Lipinski definition) is 2. The summed E-state index contributed by atoms with van der Waals surface area (Å²) in [6.07, 6.45) is 0.874. The van der Waals surface area contributed by atoms with E-state index in [1.165, 1.54) is 23.9 Å². The molecule has 1 aromatic heterocycles. The van der Waals surface area contributed by atoms with Crippen LogP contribution in [0.4, 0.5) is 5.69 Å². The summed E-state index contributed by atoms with van der Waals surface area (Å²) in [5.74, 6) is 0.0217. The summed E-state index contributed by atoms with van der Waals surface area (Å²) < 4.78 is 26.0. The second-order valence-electron chi connectivity index (χ2n) is 6.06. The number of amides is 1. The average Bonchev–Trinajstić information content (AvgIpc) is 2.98. The van der Waals surface area contributed by atoms with Crippen molar-refractivity contribution >= 4 is 60.3 Å². The molecule has 0 fully saturated rings. The first-order valence-electron chi connectivity index (χ1n) is 8.50. The second-order valence-corrected chi connectivity index (χ2v) is 9.42. The van der Waals surface area contributed by atoms with Gasteiger partial charge in [0.2, 0.25) is 15.9 Å². The predicted octanol–water partition coefficient (Wildman–Crippen LogP) is 3.59. The summed E-state index contributed by atoms with van der Waals surface area (Å²) in [4.78, 5) is 16.9. The second kappa shape index (κ2) is 8.64. The van der Waals surface area contributed by atoms with Crippen LogP contribution in [-0.2, 0) is 21.4 Å². The van der Waals surface area contributed by atoms with Crippen molar-refractivity contribution in [2.75, 3.05) is 11.1 Å². The number of rotatable bonds is 7. The highest BCUT2D eigenvalue weighted by atomic mass is 79.9. The molecule has 0 bridgehead atoms. The van der Waals surface area contributed by atoms with Crippen LogP contribution in [-0.4, -0.2) is 29.6 Å². The number of imidazole rings is 1. The number of aryl methyl sites for hydroxylation is 1. The van der Waals surface area contributed by atoms with E-state index in [9.17, 15) is 13.2 Å². The lowest BCUT2D eigenvalue weighted by molar-refractivity contribution is -0.113. The lowest BCUT2D eigenvalue weighted by Gasteiger charge is -2.09. The molecular weight excluding hydrogens is 464 g/mol. The number of nitrogens with two attached hydrogens (primary N) is 1. The first kappa shape index (κ1) is 20.8. The molecule has 3 N–H and O–H groups in total. The Kier molecular flexibility index (Phi) is 6.43. The summed E-state index contributed by atoms with van der Waals surface area (Å²) in [6, 6.07) is 12.0. The third-order valence-corrected chi connectivity index (χ3v) is 6.52. The summed E-state index contributed by atoms with van der Waals surface area (Å²) >= 11 is 4.70. The van der Waals surface area contributed by atoms with Crippen molar-refractivity contribution in [3.63, 3.8) is 0 Å². The fraction of sp³-hybridized carbons (Fsp3) is 0.222. The number of carbonyl (C=O) groups is 1. The number of primary sulfonamides is 1. The molecule has 0 saturated heterocycles. The van der Waals surface area contributed by atoms with Gasteiger partial charge in [0.25, 0.3) is 0 Å². The van der Waals surface area contributed by atoms with Crippen LogP contribution in [0.15, 0.2) is 57.0 Å². The minimum Gasteiger partial charge on any atom is -0.324 e. The van der Waals surface area contributed by atoms with Crippen LogP contribution >= 0.6 is 27.7 Å². The van der Waals surface area contributed by atoms with Crippen molar-refractivity contribution in [3.05, 3.63) is 46.9 Å². The van der Waals surface area contributed by atoms with Crippen LogP contribution in [0.25, 0.3) is 11.0 Å². The first-order chi connectivity index (χ1) is 13.3. The molecule has 0 aliphatic carbocycles. The fourth-order valence-corrected chi connectivity index (χ4v) is 4.45. The maximum atomic E-state index is 12.3. The van der Waals surface area contributed by atoms with Gasteiger partial charge >= 0.3 is 0 Å². The number of anilines is 1. The highest BCUT2D eigenvalue weighted by Crippen LogP contribution is 2.27. The lowest BCUT2D eigenvalue weighted by Crippen LogP contribution is -2.15. The standard InChI is InChI=1S/C18H19BrN4O3S2/c1-2-9-23-16-8-7-12(28(20,25)26)10-15(16)22-18(23)27-11-17(24)21-14-6-4-3-5-13(14)19/h3-8,10H,2,9,11H2,1H3,(H,21,24)(H2,20,25,26). The number of aromatic nitrogens is 2. The van der Waals surface area contributed by atoms with E-state index in [4.69, 9.17) is 5.14 Å². The van der Waals surface area contributed by atoms with Gasteiger partial charge in [-0.3, -0.25) is 4.79 Å². The molecule has 0 unspecified atom stereocenters. The molecule has 1 amide bonds. The number of carbonyl (C=O) groups excluding carboxylic acids is 1. The molecule has 148 valence electrons. The third kappa shape index (κ3) is 4.75.